The van der Waals surface area contributed by atoms with E-state index in [9.17, 15) is 4.79 Å². The van der Waals surface area contributed by atoms with Gasteiger partial charge in [0.25, 0.3) is 0 Å². The predicted molar refractivity (Wildman–Crippen MR) is 114 cm³/mol. The molecule has 1 atom stereocenters. The van der Waals surface area contributed by atoms with Crippen molar-refractivity contribution in [3.05, 3.63) is 12.2 Å². The van der Waals surface area contributed by atoms with Crippen LogP contribution in [0.15, 0.2) is 11.3 Å². The van der Waals surface area contributed by atoms with Crippen LogP contribution in [-0.2, 0) is 17.7 Å². The second-order valence-electron chi connectivity index (χ2n) is 8.55. The number of aromatic nitrogens is 3. The zero-order chi connectivity index (χ0) is 21.5. The van der Waals surface area contributed by atoms with E-state index in [1.165, 1.54) is 0 Å². The molecule has 29 heavy (non-hydrogen) atoms. The maximum Gasteiger partial charge on any atom is 0.408 e. The molecule has 2 rings (SSSR count). The van der Waals surface area contributed by atoms with Crippen LogP contribution in [0, 0.1) is 0 Å². The quantitative estimate of drug-likeness (QED) is 0.473. The number of nitrogens with zero attached hydrogens (tertiary/aromatic N) is 4. The molecule has 0 aromatic carbocycles. The first-order valence-electron chi connectivity index (χ1n) is 10.6. The van der Waals surface area contributed by atoms with Gasteiger partial charge in [0, 0.05) is 19.0 Å². The Morgan fingerprint density at radius 1 is 1.31 bits per heavy atom. The van der Waals surface area contributed by atoms with Gasteiger partial charge in [0.15, 0.2) is 5.96 Å². The van der Waals surface area contributed by atoms with Gasteiger partial charge in [-0.05, 0) is 47.0 Å². The Bertz CT molecular complexity index is 689. The van der Waals surface area contributed by atoms with Gasteiger partial charge in [0.1, 0.15) is 17.8 Å². The van der Waals surface area contributed by atoms with Gasteiger partial charge >= 0.3 is 6.09 Å². The molecule has 0 fully saturated rings. The second-order valence-corrected chi connectivity index (χ2v) is 8.55. The summed E-state index contributed by atoms with van der Waals surface area (Å²) in [6.45, 7) is 13.7. The smallest absolute Gasteiger partial charge is 0.408 e. The third-order valence-electron chi connectivity index (χ3n) is 5.15. The van der Waals surface area contributed by atoms with Gasteiger partial charge < -0.3 is 20.7 Å². The minimum Gasteiger partial charge on any atom is -0.444 e. The van der Waals surface area contributed by atoms with Crippen molar-refractivity contribution in [1.82, 2.24) is 30.7 Å². The molecule has 0 bridgehead atoms. The Kier molecular flexibility index (Phi) is 7.87. The van der Waals surface area contributed by atoms with E-state index in [4.69, 9.17) is 9.73 Å². The van der Waals surface area contributed by atoms with Gasteiger partial charge in [-0.25, -0.2) is 14.5 Å². The number of nitrogens with one attached hydrogen (secondary N) is 3. The summed E-state index contributed by atoms with van der Waals surface area (Å²) in [4.78, 5) is 21.4. The zero-order valence-corrected chi connectivity index (χ0v) is 18.7. The molecule has 164 valence electrons. The first-order chi connectivity index (χ1) is 13.7. The highest BCUT2D eigenvalue weighted by molar-refractivity contribution is 5.80. The largest absolute Gasteiger partial charge is 0.444 e. The van der Waals surface area contributed by atoms with E-state index in [1.54, 1.807) is 6.33 Å². The van der Waals surface area contributed by atoms with Crippen LogP contribution in [0.3, 0.4) is 0 Å². The van der Waals surface area contributed by atoms with Crippen LogP contribution in [-0.4, -0.2) is 57.1 Å². The van der Waals surface area contributed by atoms with Crippen LogP contribution in [0.25, 0.3) is 0 Å². The summed E-state index contributed by atoms with van der Waals surface area (Å²) in [6, 6.07) is 0.235. The van der Waals surface area contributed by atoms with Crippen molar-refractivity contribution in [2.24, 2.45) is 4.99 Å². The number of aliphatic imine (C=N–C) groups is 1. The third-order valence-corrected chi connectivity index (χ3v) is 5.15. The van der Waals surface area contributed by atoms with Crippen molar-refractivity contribution >= 4 is 12.1 Å². The Balaban J connectivity index is 2.04. The molecule has 0 saturated carbocycles. The minimum absolute atomic E-state index is 0.235. The normalized spacial score (nSPS) is 17.4. The second kappa shape index (κ2) is 9.93. The van der Waals surface area contributed by atoms with Crippen LogP contribution < -0.4 is 16.0 Å². The maximum atomic E-state index is 12.3. The molecule has 3 N–H and O–H groups in total. The topological polar surface area (TPSA) is 105 Å². The van der Waals surface area contributed by atoms with Gasteiger partial charge in [-0.1, -0.05) is 13.8 Å². The average molecular weight is 408 g/mol. The van der Waals surface area contributed by atoms with E-state index < -0.39 is 17.2 Å². The number of hydrogen-bond donors (Lipinski definition) is 3. The lowest BCUT2D eigenvalue weighted by Crippen LogP contribution is -2.53. The number of carbonyl (C=O) groups is 1. The monoisotopic (exact) mass is 407 g/mol. The number of carbonyl (C=O) groups excluding carboxylic acids is 1. The van der Waals surface area contributed by atoms with Crippen LogP contribution in [0.1, 0.15) is 66.6 Å². The molecule has 0 saturated heterocycles. The number of fused-ring (bicyclic) bond motifs is 1. The van der Waals surface area contributed by atoms with E-state index >= 15 is 0 Å². The Morgan fingerprint density at radius 3 is 2.66 bits per heavy atom. The summed E-state index contributed by atoms with van der Waals surface area (Å²) >= 11 is 0. The lowest BCUT2D eigenvalue weighted by molar-refractivity contribution is 0.0452. The number of alkyl carbamates (subject to hydrolysis) is 1. The van der Waals surface area contributed by atoms with Gasteiger partial charge in [0.2, 0.25) is 0 Å². The molecule has 0 radical (unpaired) electrons. The van der Waals surface area contributed by atoms with Crippen molar-refractivity contribution in [3.8, 4) is 0 Å². The first kappa shape index (κ1) is 23.0. The molecule has 9 nitrogen and oxygen atoms in total. The summed E-state index contributed by atoms with van der Waals surface area (Å²) in [5.41, 5.74) is -0.978. The highest BCUT2D eigenvalue weighted by atomic mass is 16.6. The van der Waals surface area contributed by atoms with Crippen molar-refractivity contribution in [2.75, 3.05) is 13.1 Å². The number of hydrogen-bond acceptors (Lipinski definition) is 5. The Hall–Kier alpha value is -2.32. The van der Waals surface area contributed by atoms with Gasteiger partial charge in [-0.15, -0.1) is 0 Å². The first-order valence-corrected chi connectivity index (χ1v) is 10.6. The molecular formula is C20H37N7O2. The molecule has 1 aliphatic heterocycles. The Labute approximate surface area is 174 Å². The third kappa shape index (κ3) is 6.90. The summed E-state index contributed by atoms with van der Waals surface area (Å²) in [5.74, 6) is 1.78. The van der Waals surface area contributed by atoms with Crippen LogP contribution in [0.2, 0.25) is 0 Å². The fourth-order valence-corrected chi connectivity index (χ4v) is 3.31. The molecule has 0 aliphatic carbocycles. The van der Waals surface area contributed by atoms with Crippen LogP contribution >= 0.6 is 0 Å². The van der Waals surface area contributed by atoms with Crippen molar-refractivity contribution < 1.29 is 9.53 Å². The van der Waals surface area contributed by atoms with E-state index in [0.29, 0.717) is 6.54 Å². The number of aryl methyl sites for hydroxylation is 1. The summed E-state index contributed by atoms with van der Waals surface area (Å²) in [7, 11) is 0. The lowest BCUT2D eigenvalue weighted by atomic mass is 9.93. The van der Waals surface area contributed by atoms with Gasteiger partial charge in [-0.3, -0.25) is 4.99 Å². The zero-order valence-electron chi connectivity index (χ0n) is 18.7. The Morgan fingerprint density at radius 2 is 2.03 bits per heavy atom. The minimum atomic E-state index is -0.530. The van der Waals surface area contributed by atoms with E-state index in [0.717, 1.165) is 50.6 Å². The molecule has 1 amide bonds. The number of rotatable bonds is 7. The maximum absolute atomic E-state index is 12.3. The van der Waals surface area contributed by atoms with E-state index in [1.807, 2.05) is 32.4 Å². The van der Waals surface area contributed by atoms with Crippen molar-refractivity contribution in [1.29, 1.82) is 0 Å². The summed E-state index contributed by atoms with van der Waals surface area (Å²) < 4.78 is 7.39. The van der Waals surface area contributed by atoms with Crippen LogP contribution in [0.5, 0.6) is 0 Å². The highest BCUT2D eigenvalue weighted by Crippen LogP contribution is 2.18. The molecule has 2 heterocycles. The standard InChI is InChI=1S/C20H37N7O2/c1-7-20(8-2,26-18(28)29-19(4,5)6)13-22-17(21-9-3)25-15-10-11-16-23-14-24-27(16)12-15/h14-15H,7-13H2,1-6H3,(H,26,28)(H2,21,22,25). The molecule has 1 aromatic rings. The molecule has 1 aliphatic rings. The highest BCUT2D eigenvalue weighted by Gasteiger charge is 2.31. The van der Waals surface area contributed by atoms with Gasteiger partial charge in [-0.2, -0.15) is 5.10 Å². The molecule has 9 heteroatoms. The number of ether oxygens (including phenoxy) is 1. The SMILES string of the molecule is CCNC(=NCC(CC)(CC)NC(=O)OC(C)(C)C)NC1CCc2ncnn2C1. The van der Waals surface area contributed by atoms with Gasteiger partial charge in [0.05, 0.1) is 18.6 Å². The van der Waals surface area contributed by atoms with Crippen molar-refractivity contribution in [2.45, 2.75) is 91.0 Å². The van der Waals surface area contributed by atoms with Crippen molar-refractivity contribution in [3.63, 3.8) is 0 Å². The summed E-state index contributed by atoms with van der Waals surface area (Å²) in [6.07, 6.45) is 4.60. The number of amides is 1. The lowest BCUT2D eigenvalue weighted by Gasteiger charge is -2.33. The predicted octanol–water partition coefficient (Wildman–Crippen LogP) is 2.23. The summed E-state index contributed by atoms with van der Waals surface area (Å²) in [5, 5.41) is 14.1. The molecule has 1 aromatic heterocycles. The molecular weight excluding hydrogens is 370 g/mol. The fraction of sp³-hybridized carbons (Fsp3) is 0.800. The van der Waals surface area contributed by atoms with E-state index in [-0.39, 0.29) is 6.04 Å². The fourth-order valence-electron chi connectivity index (χ4n) is 3.31. The van der Waals surface area contributed by atoms with Crippen LogP contribution in [0.4, 0.5) is 4.79 Å². The number of guanidine groups is 1. The average Bonchev–Trinajstić information content (AvgIpc) is 3.11. The van der Waals surface area contributed by atoms with E-state index in [2.05, 4.69) is 39.9 Å². The molecule has 0 spiro atoms. The molecule has 1 unspecified atom stereocenters.